The second-order valence-electron chi connectivity index (χ2n) is 9.25. The van der Waals surface area contributed by atoms with E-state index in [1.807, 2.05) is 19.1 Å². The van der Waals surface area contributed by atoms with Crippen LogP contribution in [0.1, 0.15) is 35.5 Å². The average Bonchev–Trinajstić information content (AvgIpc) is 2.97. The number of hydrogen-bond donors (Lipinski definition) is 2. The zero-order valence-corrected chi connectivity index (χ0v) is 19.3. The first-order valence-electron chi connectivity index (χ1n) is 11.2. The van der Waals surface area contributed by atoms with Gasteiger partial charge >= 0.3 is 0 Å². The monoisotopic (exact) mass is 471 g/mol. The summed E-state index contributed by atoms with van der Waals surface area (Å²) in [6, 6.07) is 8.09. The highest BCUT2D eigenvalue weighted by atomic mass is 19.3. The van der Waals surface area contributed by atoms with Gasteiger partial charge in [-0.2, -0.15) is 8.78 Å². The van der Waals surface area contributed by atoms with E-state index in [1.54, 1.807) is 26.0 Å². The molecular formula is C25H27F2N3O4. The van der Waals surface area contributed by atoms with Gasteiger partial charge in [0.05, 0.1) is 30.2 Å². The van der Waals surface area contributed by atoms with Crippen molar-refractivity contribution in [2.24, 2.45) is 5.41 Å². The third kappa shape index (κ3) is 3.92. The van der Waals surface area contributed by atoms with E-state index in [0.29, 0.717) is 66.2 Å². The predicted molar refractivity (Wildman–Crippen MR) is 123 cm³/mol. The third-order valence-corrected chi connectivity index (χ3v) is 6.55. The molecule has 7 nitrogen and oxygen atoms in total. The van der Waals surface area contributed by atoms with Gasteiger partial charge in [-0.1, -0.05) is 18.2 Å². The summed E-state index contributed by atoms with van der Waals surface area (Å²) in [7, 11) is 0. The molecule has 5 rings (SSSR count). The van der Waals surface area contributed by atoms with Crippen molar-refractivity contribution < 1.29 is 28.1 Å². The lowest BCUT2D eigenvalue weighted by molar-refractivity contribution is -0.143. The standard InChI is InChI=1S/C25H27F2N3O4/c1-14-17(5-4-6-19(14)25(26,27)9-31)15(2)28-23-18-7-21-22(8-20(18)29-16(3)30-23)34-13-24(12-33-21)10-32-11-24/h4-8,15,31H,9-13H2,1-3H3,(H,28,29,30). The van der Waals surface area contributed by atoms with Crippen molar-refractivity contribution >= 4 is 16.7 Å². The van der Waals surface area contributed by atoms with Crippen molar-refractivity contribution in [1.82, 2.24) is 9.97 Å². The number of nitrogens with one attached hydrogen (secondary N) is 1. The number of fused-ring (bicyclic) bond motifs is 2. The summed E-state index contributed by atoms with van der Waals surface area (Å²) < 4.78 is 45.9. The molecule has 34 heavy (non-hydrogen) atoms. The van der Waals surface area contributed by atoms with Gasteiger partial charge < -0.3 is 24.6 Å². The first-order chi connectivity index (χ1) is 16.2. The van der Waals surface area contributed by atoms with E-state index in [4.69, 9.17) is 19.3 Å². The molecular weight excluding hydrogens is 444 g/mol. The molecule has 0 bridgehead atoms. The molecule has 3 aromatic rings. The lowest BCUT2D eigenvalue weighted by Gasteiger charge is -2.38. The number of rotatable bonds is 5. The largest absolute Gasteiger partial charge is 0.489 e. The molecule has 1 aromatic heterocycles. The number of anilines is 1. The highest BCUT2D eigenvalue weighted by Gasteiger charge is 2.42. The Morgan fingerprint density at radius 1 is 1.09 bits per heavy atom. The minimum absolute atomic E-state index is 0.123. The molecule has 2 aliphatic heterocycles. The molecule has 0 saturated carbocycles. The SMILES string of the molecule is Cc1nc(NC(C)c2cccc(C(F)(F)CO)c2C)c2cc3c(cc2n1)OCC1(COC1)CO3. The van der Waals surface area contributed by atoms with Crippen LogP contribution in [0.4, 0.5) is 14.6 Å². The zero-order chi connectivity index (χ0) is 24.1. The molecule has 1 saturated heterocycles. The number of aliphatic hydroxyl groups excluding tert-OH is 1. The Morgan fingerprint density at radius 3 is 2.44 bits per heavy atom. The number of nitrogens with zero attached hydrogens (tertiary/aromatic N) is 2. The van der Waals surface area contributed by atoms with Crippen LogP contribution in [0.2, 0.25) is 0 Å². The molecule has 1 unspecified atom stereocenters. The fourth-order valence-corrected chi connectivity index (χ4v) is 4.54. The minimum atomic E-state index is -3.31. The Balaban J connectivity index is 1.49. The first kappa shape index (κ1) is 22.7. The van der Waals surface area contributed by atoms with Crippen LogP contribution in [0.3, 0.4) is 0 Å². The first-order valence-corrected chi connectivity index (χ1v) is 11.2. The van der Waals surface area contributed by atoms with E-state index in [9.17, 15) is 8.78 Å². The Bertz CT molecular complexity index is 1250. The molecule has 0 amide bonds. The van der Waals surface area contributed by atoms with Crippen LogP contribution < -0.4 is 14.8 Å². The number of ether oxygens (including phenoxy) is 3. The normalized spacial score (nSPS) is 17.8. The number of hydrogen-bond acceptors (Lipinski definition) is 7. The summed E-state index contributed by atoms with van der Waals surface area (Å²) in [5.41, 5.74) is 1.51. The summed E-state index contributed by atoms with van der Waals surface area (Å²) in [6.45, 7) is 6.32. The summed E-state index contributed by atoms with van der Waals surface area (Å²) in [5, 5.41) is 13.3. The second kappa shape index (κ2) is 8.32. The molecule has 180 valence electrons. The van der Waals surface area contributed by atoms with Crippen molar-refractivity contribution in [2.45, 2.75) is 32.7 Å². The smallest absolute Gasteiger partial charge is 0.296 e. The molecule has 1 spiro atoms. The zero-order valence-electron chi connectivity index (χ0n) is 19.3. The Labute approximate surface area is 196 Å². The molecule has 0 aliphatic carbocycles. The van der Waals surface area contributed by atoms with Gasteiger partial charge in [0.1, 0.15) is 31.5 Å². The number of benzene rings is 2. The highest BCUT2D eigenvalue weighted by molar-refractivity contribution is 5.92. The summed E-state index contributed by atoms with van der Waals surface area (Å²) in [6.07, 6.45) is 0. The number of aryl methyl sites for hydroxylation is 1. The highest BCUT2D eigenvalue weighted by Crippen LogP contribution is 2.41. The van der Waals surface area contributed by atoms with Gasteiger partial charge in [0, 0.05) is 17.0 Å². The lowest BCUT2D eigenvalue weighted by atomic mass is 9.88. The quantitative estimate of drug-likeness (QED) is 0.574. The molecule has 2 aromatic carbocycles. The molecule has 9 heteroatoms. The molecule has 2 N–H and O–H groups in total. The lowest BCUT2D eigenvalue weighted by Crippen LogP contribution is -2.50. The third-order valence-electron chi connectivity index (χ3n) is 6.55. The van der Waals surface area contributed by atoms with Gasteiger partial charge in [0.15, 0.2) is 11.5 Å². The van der Waals surface area contributed by atoms with Crippen LogP contribution in [0.5, 0.6) is 11.5 Å². The average molecular weight is 472 g/mol. The van der Waals surface area contributed by atoms with Gasteiger partial charge in [0.25, 0.3) is 5.92 Å². The van der Waals surface area contributed by atoms with Gasteiger partial charge in [-0.25, -0.2) is 9.97 Å². The van der Waals surface area contributed by atoms with E-state index >= 15 is 0 Å². The molecule has 1 fully saturated rings. The van der Waals surface area contributed by atoms with Crippen molar-refractivity contribution in [1.29, 1.82) is 0 Å². The number of aromatic nitrogens is 2. The van der Waals surface area contributed by atoms with Gasteiger partial charge in [0.2, 0.25) is 0 Å². The molecule has 0 radical (unpaired) electrons. The van der Waals surface area contributed by atoms with Crippen molar-refractivity contribution in [3.05, 3.63) is 52.8 Å². The van der Waals surface area contributed by atoms with Crippen LogP contribution >= 0.6 is 0 Å². The molecule has 2 aliphatic rings. The molecule has 1 atom stereocenters. The van der Waals surface area contributed by atoms with Gasteiger partial charge in [-0.15, -0.1) is 0 Å². The van der Waals surface area contributed by atoms with Crippen molar-refractivity contribution in [2.75, 3.05) is 38.4 Å². The maximum Gasteiger partial charge on any atom is 0.296 e. The fourth-order valence-electron chi connectivity index (χ4n) is 4.54. The number of alkyl halides is 2. The second-order valence-corrected chi connectivity index (χ2v) is 9.25. The van der Waals surface area contributed by atoms with Gasteiger partial charge in [-0.3, -0.25) is 0 Å². The Hall–Kier alpha value is -3.04. The summed E-state index contributed by atoms with van der Waals surface area (Å²) in [4.78, 5) is 9.15. The number of aliphatic hydroxyl groups is 1. The predicted octanol–water partition coefficient (Wildman–Crippen LogP) is 4.29. The summed E-state index contributed by atoms with van der Waals surface area (Å²) in [5.74, 6) is -0.928. The van der Waals surface area contributed by atoms with Crippen molar-refractivity contribution in [3.8, 4) is 11.5 Å². The van der Waals surface area contributed by atoms with Crippen molar-refractivity contribution in [3.63, 3.8) is 0 Å². The topological polar surface area (TPSA) is 85.7 Å². The maximum atomic E-state index is 14.2. The molecule has 3 heterocycles. The van der Waals surface area contributed by atoms with Crippen LogP contribution in [0.25, 0.3) is 10.9 Å². The van der Waals surface area contributed by atoms with Gasteiger partial charge in [-0.05, 0) is 38.0 Å². The van der Waals surface area contributed by atoms with E-state index < -0.39 is 12.5 Å². The minimum Gasteiger partial charge on any atom is -0.489 e. The maximum absolute atomic E-state index is 14.2. The Morgan fingerprint density at radius 2 is 1.79 bits per heavy atom. The van der Waals surface area contributed by atoms with Crippen LogP contribution in [-0.2, 0) is 10.7 Å². The van der Waals surface area contributed by atoms with E-state index in [1.165, 1.54) is 6.07 Å². The van der Waals surface area contributed by atoms with Crippen LogP contribution in [-0.4, -0.2) is 48.1 Å². The van der Waals surface area contributed by atoms with E-state index in [-0.39, 0.29) is 17.0 Å². The fraction of sp³-hybridized carbons (Fsp3) is 0.440. The Kier molecular flexibility index (Phi) is 5.56. The van der Waals surface area contributed by atoms with E-state index in [0.717, 1.165) is 5.39 Å². The summed E-state index contributed by atoms with van der Waals surface area (Å²) >= 11 is 0. The van der Waals surface area contributed by atoms with E-state index in [2.05, 4.69) is 15.3 Å². The number of halogens is 2. The van der Waals surface area contributed by atoms with Crippen LogP contribution in [0, 0.1) is 19.3 Å². The van der Waals surface area contributed by atoms with Crippen LogP contribution in [0.15, 0.2) is 30.3 Å².